The van der Waals surface area contributed by atoms with Gasteiger partial charge in [0.15, 0.2) is 0 Å². The van der Waals surface area contributed by atoms with Crippen molar-refractivity contribution in [3.63, 3.8) is 0 Å². The van der Waals surface area contributed by atoms with Crippen molar-refractivity contribution < 1.29 is 13.6 Å². The van der Waals surface area contributed by atoms with E-state index in [4.69, 9.17) is 11.6 Å². The Morgan fingerprint density at radius 3 is 2.71 bits per heavy atom. The number of halogens is 3. The van der Waals surface area contributed by atoms with Crippen LogP contribution in [0, 0.1) is 11.6 Å². The normalized spacial score (nSPS) is 10.3. The summed E-state index contributed by atoms with van der Waals surface area (Å²) in [7, 11) is 0. The fraction of sp³-hybridized carbons (Fsp3) is 0.417. The molecule has 0 atom stereocenters. The van der Waals surface area contributed by atoms with Gasteiger partial charge in [0.05, 0.1) is 0 Å². The van der Waals surface area contributed by atoms with Gasteiger partial charge in [0.1, 0.15) is 11.6 Å². The van der Waals surface area contributed by atoms with Crippen LogP contribution in [0.1, 0.15) is 24.8 Å². The van der Waals surface area contributed by atoms with Crippen LogP contribution in [0.5, 0.6) is 0 Å². The van der Waals surface area contributed by atoms with Crippen molar-refractivity contribution in [1.29, 1.82) is 0 Å². The lowest BCUT2D eigenvalue weighted by Gasteiger charge is -2.06. The zero-order valence-electron chi connectivity index (χ0n) is 9.31. The van der Waals surface area contributed by atoms with Crippen LogP contribution in [-0.4, -0.2) is 11.8 Å². The van der Waals surface area contributed by atoms with Gasteiger partial charge in [-0.1, -0.05) is 6.07 Å². The lowest BCUT2D eigenvalue weighted by molar-refractivity contribution is -0.121. The van der Waals surface area contributed by atoms with Crippen LogP contribution in [0.15, 0.2) is 18.2 Å². The van der Waals surface area contributed by atoms with Crippen LogP contribution in [-0.2, 0) is 11.3 Å². The molecule has 0 aromatic heterocycles. The van der Waals surface area contributed by atoms with E-state index in [0.29, 0.717) is 18.7 Å². The van der Waals surface area contributed by atoms with Crippen LogP contribution in [0.2, 0.25) is 0 Å². The molecule has 0 spiro atoms. The predicted octanol–water partition coefficient (Wildman–Crippen LogP) is 2.99. The first-order valence-corrected chi connectivity index (χ1v) is 5.93. The van der Waals surface area contributed by atoms with Crippen molar-refractivity contribution >= 4 is 17.5 Å². The number of carbonyl (C=O) groups is 1. The molecule has 1 aromatic rings. The molecule has 1 aromatic carbocycles. The summed E-state index contributed by atoms with van der Waals surface area (Å²) in [5, 5.41) is 2.57. The smallest absolute Gasteiger partial charge is 0.220 e. The highest BCUT2D eigenvalue weighted by Crippen LogP contribution is 2.09. The summed E-state index contributed by atoms with van der Waals surface area (Å²) in [5.41, 5.74) is 0.275. The standard InChI is InChI=1S/C12H14ClF2NO/c13-6-2-1-3-12(17)16-8-9-4-5-10(14)7-11(9)15/h4-5,7H,1-3,6,8H2,(H,16,17). The molecule has 0 fully saturated rings. The fourth-order valence-corrected chi connectivity index (χ4v) is 1.52. The predicted molar refractivity (Wildman–Crippen MR) is 62.8 cm³/mol. The molecule has 0 radical (unpaired) electrons. The van der Waals surface area contributed by atoms with E-state index >= 15 is 0 Å². The molecule has 5 heteroatoms. The number of unbranched alkanes of at least 4 members (excludes halogenated alkanes) is 1. The summed E-state index contributed by atoms with van der Waals surface area (Å²) in [6, 6.07) is 3.29. The molecule has 0 unspecified atom stereocenters. The third kappa shape index (κ3) is 5.13. The molecule has 0 heterocycles. The molecule has 0 aliphatic heterocycles. The minimum Gasteiger partial charge on any atom is -0.352 e. The number of hydrogen-bond donors (Lipinski definition) is 1. The molecule has 94 valence electrons. The largest absolute Gasteiger partial charge is 0.352 e. The number of rotatable bonds is 6. The van der Waals surface area contributed by atoms with E-state index in [1.807, 2.05) is 0 Å². The summed E-state index contributed by atoms with van der Waals surface area (Å²) < 4.78 is 25.8. The first-order valence-electron chi connectivity index (χ1n) is 5.40. The van der Waals surface area contributed by atoms with E-state index in [-0.39, 0.29) is 18.0 Å². The summed E-state index contributed by atoms with van der Waals surface area (Å²) in [4.78, 5) is 11.3. The fourth-order valence-electron chi connectivity index (χ4n) is 1.33. The summed E-state index contributed by atoms with van der Waals surface area (Å²) in [5.74, 6) is -0.899. The van der Waals surface area contributed by atoms with E-state index in [1.165, 1.54) is 6.07 Å². The molecule has 1 N–H and O–H groups in total. The highest BCUT2D eigenvalue weighted by molar-refractivity contribution is 6.17. The number of alkyl halides is 1. The molecule has 17 heavy (non-hydrogen) atoms. The van der Waals surface area contributed by atoms with Gasteiger partial charge < -0.3 is 5.32 Å². The van der Waals surface area contributed by atoms with Crippen LogP contribution in [0.3, 0.4) is 0 Å². The molecular weight excluding hydrogens is 248 g/mol. The Morgan fingerprint density at radius 1 is 1.29 bits per heavy atom. The minimum absolute atomic E-state index is 0.0752. The van der Waals surface area contributed by atoms with Crippen molar-refractivity contribution in [3.8, 4) is 0 Å². The molecule has 0 bridgehead atoms. The molecule has 0 aliphatic rings. The first kappa shape index (κ1) is 13.9. The summed E-state index contributed by atoms with van der Waals surface area (Å²) in [6.07, 6.45) is 1.86. The quantitative estimate of drug-likeness (QED) is 0.619. The van der Waals surface area contributed by atoms with Crippen molar-refractivity contribution in [2.24, 2.45) is 0 Å². The summed E-state index contributed by atoms with van der Waals surface area (Å²) >= 11 is 5.48. The van der Waals surface area contributed by atoms with E-state index in [2.05, 4.69) is 5.32 Å². The van der Waals surface area contributed by atoms with E-state index in [1.54, 1.807) is 0 Å². The van der Waals surface area contributed by atoms with Gasteiger partial charge in [0.25, 0.3) is 0 Å². The lowest BCUT2D eigenvalue weighted by Crippen LogP contribution is -2.22. The molecule has 0 saturated carbocycles. The van der Waals surface area contributed by atoms with Crippen molar-refractivity contribution in [1.82, 2.24) is 5.32 Å². The van der Waals surface area contributed by atoms with Crippen LogP contribution >= 0.6 is 11.6 Å². The Bertz CT molecular complexity index is 385. The maximum absolute atomic E-state index is 13.2. The maximum atomic E-state index is 13.2. The Morgan fingerprint density at radius 2 is 2.06 bits per heavy atom. The first-order chi connectivity index (χ1) is 8.13. The molecule has 1 amide bonds. The number of nitrogens with one attached hydrogen (secondary N) is 1. The van der Waals surface area contributed by atoms with Gasteiger partial charge in [-0.25, -0.2) is 8.78 Å². The second-order valence-electron chi connectivity index (χ2n) is 3.66. The second-order valence-corrected chi connectivity index (χ2v) is 4.04. The van der Waals surface area contributed by atoms with Crippen LogP contribution in [0.25, 0.3) is 0 Å². The molecular formula is C12H14ClF2NO. The van der Waals surface area contributed by atoms with Gasteiger partial charge >= 0.3 is 0 Å². The average molecular weight is 262 g/mol. The number of carbonyl (C=O) groups excluding carboxylic acids is 1. The highest BCUT2D eigenvalue weighted by Gasteiger charge is 2.05. The van der Waals surface area contributed by atoms with Gasteiger partial charge in [-0.15, -0.1) is 11.6 Å². The zero-order valence-corrected chi connectivity index (χ0v) is 10.1. The van der Waals surface area contributed by atoms with Gasteiger partial charge in [0.2, 0.25) is 5.91 Å². The van der Waals surface area contributed by atoms with E-state index < -0.39 is 11.6 Å². The third-order valence-electron chi connectivity index (χ3n) is 2.28. The van der Waals surface area contributed by atoms with Gasteiger partial charge in [-0.05, 0) is 18.9 Å². The Hall–Kier alpha value is -1.16. The Balaban J connectivity index is 2.37. The summed E-state index contributed by atoms with van der Waals surface area (Å²) in [6.45, 7) is 0.0752. The zero-order chi connectivity index (χ0) is 12.7. The van der Waals surface area contributed by atoms with Gasteiger partial charge in [0, 0.05) is 30.5 Å². The minimum atomic E-state index is -0.647. The second kappa shape index (κ2) is 7.22. The number of hydrogen-bond acceptors (Lipinski definition) is 1. The van der Waals surface area contributed by atoms with Crippen molar-refractivity contribution in [2.75, 3.05) is 5.88 Å². The topological polar surface area (TPSA) is 29.1 Å². The number of benzene rings is 1. The molecule has 0 saturated heterocycles. The highest BCUT2D eigenvalue weighted by atomic mass is 35.5. The van der Waals surface area contributed by atoms with E-state index in [0.717, 1.165) is 18.6 Å². The monoisotopic (exact) mass is 261 g/mol. The maximum Gasteiger partial charge on any atom is 0.220 e. The van der Waals surface area contributed by atoms with Gasteiger partial charge in [-0.3, -0.25) is 4.79 Å². The average Bonchev–Trinajstić information content (AvgIpc) is 2.28. The SMILES string of the molecule is O=C(CCCCCl)NCc1ccc(F)cc1F. The van der Waals surface area contributed by atoms with Crippen LogP contribution in [0.4, 0.5) is 8.78 Å². The molecule has 0 aliphatic carbocycles. The number of amides is 1. The molecule has 2 nitrogen and oxygen atoms in total. The van der Waals surface area contributed by atoms with Crippen molar-refractivity contribution in [2.45, 2.75) is 25.8 Å². The van der Waals surface area contributed by atoms with Crippen molar-refractivity contribution in [3.05, 3.63) is 35.4 Å². The van der Waals surface area contributed by atoms with Gasteiger partial charge in [-0.2, -0.15) is 0 Å². The van der Waals surface area contributed by atoms with Crippen LogP contribution < -0.4 is 5.32 Å². The molecule has 1 rings (SSSR count). The Kier molecular flexibility index (Phi) is 5.91. The lowest BCUT2D eigenvalue weighted by atomic mass is 10.2. The van der Waals surface area contributed by atoms with E-state index in [9.17, 15) is 13.6 Å². The Labute approximate surface area is 104 Å². The third-order valence-corrected chi connectivity index (χ3v) is 2.55.